The first-order valence-corrected chi connectivity index (χ1v) is 8.55. The van der Waals surface area contributed by atoms with Gasteiger partial charge >= 0.3 is 0 Å². The third-order valence-electron chi connectivity index (χ3n) is 4.42. The number of aromatic nitrogens is 4. The summed E-state index contributed by atoms with van der Waals surface area (Å²) in [5, 5.41) is 33.6. The number of benzene rings is 1. The number of anilines is 2. The van der Waals surface area contributed by atoms with Crippen LogP contribution in [0.3, 0.4) is 0 Å². The number of ether oxygens (including phenoxy) is 1. The van der Waals surface area contributed by atoms with E-state index in [9.17, 15) is 15.3 Å². The van der Waals surface area contributed by atoms with Crippen molar-refractivity contribution in [1.29, 1.82) is 0 Å². The molecule has 4 rings (SSSR count). The van der Waals surface area contributed by atoms with Gasteiger partial charge in [-0.05, 0) is 5.56 Å². The van der Waals surface area contributed by atoms with Gasteiger partial charge in [0.05, 0.1) is 19.1 Å². The Morgan fingerprint density at radius 1 is 1.21 bits per heavy atom. The van der Waals surface area contributed by atoms with Gasteiger partial charge < -0.3 is 25.8 Å². The largest absolute Gasteiger partial charge is 0.394 e. The Hall–Kier alpha value is -3.12. The van der Waals surface area contributed by atoms with Crippen molar-refractivity contribution in [2.45, 2.75) is 24.5 Å². The van der Waals surface area contributed by atoms with Crippen molar-refractivity contribution >= 4 is 29.1 Å². The third kappa shape index (κ3) is 3.27. The van der Waals surface area contributed by atoms with E-state index in [-0.39, 0.29) is 11.8 Å². The van der Waals surface area contributed by atoms with Gasteiger partial charge in [-0.2, -0.15) is 15.1 Å². The summed E-state index contributed by atoms with van der Waals surface area (Å²) in [6, 6.07) is 9.46. The summed E-state index contributed by atoms with van der Waals surface area (Å²) in [5.41, 5.74) is 10.2. The molecule has 1 aliphatic rings. The van der Waals surface area contributed by atoms with Gasteiger partial charge in [-0.1, -0.05) is 30.3 Å². The molecule has 11 heteroatoms. The van der Waals surface area contributed by atoms with E-state index < -0.39 is 31.1 Å². The summed E-state index contributed by atoms with van der Waals surface area (Å²) in [7, 11) is 0. The maximum atomic E-state index is 10.2. The molecule has 0 aliphatic carbocycles. The molecule has 1 saturated heterocycles. The third-order valence-corrected chi connectivity index (χ3v) is 4.42. The average molecular weight is 385 g/mol. The molecule has 11 nitrogen and oxygen atoms in total. The van der Waals surface area contributed by atoms with Crippen molar-refractivity contribution in [1.82, 2.24) is 19.5 Å². The number of rotatable bonds is 5. The Bertz CT molecular complexity index is 994. The van der Waals surface area contributed by atoms with Crippen LogP contribution in [-0.2, 0) is 4.74 Å². The summed E-state index contributed by atoms with van der Waals surface area (Å²) in [4.78, 5) is 12.6. The van der Waals surface area contributed by atoms with Crippen LogP contribution in [-0.4, -0.2) is 66.0 Å². The lowest BCUT2D eigenvalue weighted by Gasteiger charge is -2.16. The van der Waals surface area contributed by atoms with Crippen molar-refractivity contribution < 1.29 is 20.1 Å². The zero-order valence-electron chi connectivity index (χ0n) is 14.6. The van der Waals surface area contributed by atoms with Gasteiger partial charge in [0, 0.05) is 0 Å². The zero-order valence-corrected chi connectivity index (χ0v) is 14.6. The lowest BCUT2D eigenvalue weighted by molar-refractivity contribution is -0.0511. The molecule has 28 heavy (non-hydrogen) atoms. The van der Waals surface area contributed by atoms with Crippen LogP contribution >= 0.6 is 0 Å². The van der Waals surface area contributed by atoms with Crippen molar-refractivity contribution in [3.8, 4) is 0 Å². The quantitative estimate of drug-likeness (QED) is 0.287. The van der Waals surface area contributed by atoms with Crippen LogP contribution in [0.15, 0.2) is 41.8 Å². The molecule has 3 heterocycles. The number of hydrogen-bond acceptors (Lipinski definition) is 10. The minimum Gasteiger partial charge on any atom is -0.394 e. The Balaban J connectivity index is 1.63. The molecule has 146 valence electrons. The van der Waals surface area contributed by atoms with Crippen LogP contribution in [0.1, 0.15) is 11.8 Å². The Kier molecular flexibility index (Phi) is 4.88. The first kappa shape index (κ1) is 18.3. The van der Waals surface area contributed by atoms with E-state index in [4.69, 9.17) is 10.5 Å². The number of nitrogens with one attached hydrogen (secondary N) is 1. The number of hydrazone groups is 1. The molecular weight excluding hydrogens is 366 g/mol. The molecule has 0 radical (unpaired) electrons. The van der Waals surface area contributed by atoms with E-state index in [1.165, 1.54) is 10.9 Å². The Labute approximate surface area is 159 Å². The fourth-order valence-corrected chi connectivity index (χ4v) is 2.99. The van der Waals surface area contributed by atoms with E-state index in [2.05, 4.69) is 25.5 Å². The smallest absolute Gasteiger partial charge is 0.247 e. The van der Waals surface area contributed by atoms with Crippen molar-refractivity contribution in [3.05, 3.63) is 42.2 Å². The van der Waals surface area contributed by atoms with Gasteiger partial charge in [-0.15, -0.1) is 0 Å². The van der Waals surface area contributed by atoms with Gasteiger partial charge in [-0.3, -0.25) is 4.57 Å². The van der Waals surface area contributed by atoms with Crippen LogP contribution in [0.4, 0.5) is 11.8 Å². The molecule has 4 atom stereocenters. The summed E-state index contributed by atoms with van der Waals surface area (Å²) in [6.07, 6.45) is -1.41. The lowest BCUT2D eigenvalue weighted by atomic mass is 10.1. The molecule has 0 saturated carbocycles. The van der Waals surface area contributed by atoms with Crippen LogP contribution in [0.2, 0.25) is 0 Å². The minimum atomic E-state index is -1.27. The van der Waals surface area contributed by atoms with Gasteiger partial charge in [0.1, 0.15) is 23.8 Å². The van der Waals surface area contributed by atoms with E-state index in [1.807, 2.05) is 30.3 Å². The van der Waals surface area contributed by atoms with Crippen LogP contribution in [0, 0.1) is 0 Å². The molecule has 0 bridgehead atoms. The number of hydrogen-bond donors (Lipinski definition) is 5. The highest BCUT2D eigenvalue weighted by Crippen LogP contribution is 2.32. The van der Waals surface area contributed by atoms with Crippen LogP contribution < -0.4 is 11.2 Å². The second kappa shape index (κ2) is 7.48. The lowest BCUT2D eigenvalue weighted by Crippen LogP contribution is -2.33. The summed E-state index contributed by atoms with van der Waals surface area (Å²) in [6.45, 7) is -0.431. The van der Waals surface area contributed by atoms with Crippen LogP contribution in [0.25, 0.3) is 11.2 Å². The molecule has 0 spiro atoms. The van der Waals surface area contributed by atoms with Gasteiger partial charge in [0.15, 0.2) is 17.7 Å². The number of aliphatic hydroxyl groups is 3. The van der Waals surface area contributed by atoms with Crippen LogP contribution in [0.5, 0.6) is 0 Å². The highest BCUT2D eigenvalue weighted by Gasteiger charge is 2.44. The zero-order chi connectivity index (χ0) is 19.7. The van der Waals surface area contributed by atoms with E-state index in [0.29, 0.717) is 11.2 Å². The standard InChI is InChI=1S/C17H19N7O4/c18-14-11-15(22-17(21-14)23-20-6-9-4-2-1-3-5-9)24(8-19-11)16-13(27)12(26)10(7-25)28-16/h1-6,8,10,12-13,16,25-27H,7H2,(H3,18,21,22,23)/b20-6+/t10-,12?,13?,16-/m1/s1. The van der Waals surface area contributed by atoms with Crippen molar-refractivity contribution in [2.75, 3.05) is 17.8 Å². The number of imidazole rings is 1. The molecular formula is C17H19N7O4. The Morgan fingerprint density at radius 2 is 2.00 bits per heavy atom. The monoisotopic (exact) mass is 385 g/mol. The van der Waals surface area contributed by atoms with Crippen molar-refractivity contribution in [2.24, 2.45) is 5.10 Å². The molecule has 3 aromatic rings. The van der Waals surface area contributed by atoms with Gasteiger partial charge in [-0.25, -0.2) is 10.4 Å². The second-order valence-electron chi connectivity index (χ2n) is 6.27. The van der Waals surface area contributed by atoms with Gasteiger partial charge in [0.2, 0.25) is 5.95 Å². The molecule has 1 aliphatic heterocycles. The topological polar surface area (TPSA) is 164 Å². The number of fused-ring (bicyclic) bond motifs is 1. The number of nitrogens with zero attached hydrogens (tertiary/aromatic N) is 5. The first-order valence-electron chi connectivity index (χ1n) is 8.55. The van der Waals surface area contributed by atoms with E-state index in [1.54, 1.807) is 6.21 Å². The number of aliphatic hydroxyl groups excluding tert-OH is 3. The predicted molar refractivity (Wildman–Crippen MR) is 100 cm³/mol. The number of nitrogens with two attached hydrogens (primary N) is 1. The Morgan fingerprint density at radius 3 is 2.71 bits per heavy atom. The number of nitrogen functional groups attached to an aromatic ring is 1. The highest BCUT2D eigenvalue weighted by atomic mass is 16.6. The molecule has 2 unspecified atom stereocenters. The molecule has 1 fully saturated rings. The first-order chi connectivity index (χ1) is 13.6. The fourth-order valence-electron chi connectivity index (χ4n) is 2.99. The van der Waals surface area contributed by atoms with Gasteiger partial charge in [0.25, 0.3) is 0 Å². The molecule has 0 amide bonds. The van der Waals surface area contributed by atoms with E-state index >= 15 is 0 Å². The summed E-state index contributed by atoms with van der Waals surface area (Å²) >= 11 is 0. The second-order valence-corrected chi connectivity index (χ2v) is 6.27. The summed E-state index contributed by atoms with van der Waals surface area (Å²) < 4.78 is 6.96. The highest BCUT2D eigenvalue weighted by molar-refractivity contribution is 5.83. The molecule has 2 aromatic heterocycles. The normalized spacial score (nSPS) is 25.0. The maximum Gasteiger partial charge on any atom is 0.247 e. The predicted octanol–water partition coefficient (Wildman–Crippen LogP) is -0.534. The molecule has 1 aromatic carbocycles. The summed E-state index contributed by atoms with van der Waals surface area (Å²) in [5.74, 6) is 0.249. The van der Waals surface area contributed by atoms with E-state index in [0.717, 1.165) is 5.56 Å². The van der Waals surface area contributed by atoms with Crippen molar-refractivity contribution in [3.63, 3.8) is 0 Å². The maximum absolute atomic E-state index is 10.2. The average Bonchev–Trinajstić information content (AvgIpc) is 3.24. The minimum absolute atomic E-state index is 0.118. The fraction of sp³-hybridized carbons (Fsp3) is 0.294. The molecule has 6 N–H and O–H groups in total. The SMILES string of the molecule is Nc1nc(N/N=C/c2ccccc2)nc2c1ncn2[C@@H]1O[C@H](CO)C(O)C1O.